The summed E-state index contributed by atoms with van der Waals surface area (Å²) in [4.78, 5) is 0. The van der Waals surface area contributed by atoms with Crippen molar-refractivity contribution >= 4 is 19.8 Å². The number of rotatable bonds is 2. The Balaban J connectivity index is 2.66. The monoisotopic (exact) mass is 257 g/mol. The van der Waals surface area contributed by atoms with Gasteiger partial charge < -0.3 is 4.43 Å². The first-order chi connectivity index (χ1) is 8.39. The molecule has 0 N–H and O–H groups in total. The van der Waals surface area contributed by atoms with Crippen LogP contribution in [0.25, 0.3) is 10.8 Å². The molecule has 1 nitrogen and oxygen atoms in total. The van der Waals surface area contributed by atoms with Crippen LogP contribution in [-0.2, 0) is 5.41 Å². The SMILES string of the molecule is C[Si](C)Oc1cccc2c(C(C)(C)C)cccc12. The molecule has 0 aliphatic carbocycles. The molecule has 2 rings (SSSR count). The lowest BCUT2D eigenvalue weighted by Gasteiger charge is -2.22. The Kier molecular flexibility index (Phi) is 3.49. The summed E-state index contributed by atoms with van der Waals surface area (Å²) < 4.78 is 6.00. The minimum atomic E-state index is -0.725. The highest BCUT2D eigenvalue weighted by Crippen LogP contribution is 2.34. The van der Waals surface area contributed by atoms with Crippen LogP contribution in [0.15, 0.2) is 36.4 Å². The summed E-state index contributed by atoms with van der Waals surface area (Å²) in [6.45, 7) is 11.1. The molecule has 0 unspecified atom stereocenters. The van der Waals surface area contributed by atoms with E-state index in [1.807, 2.05) is 0 Å². The van der Waals surface area contributed by atoms with Gasteiger partial charge in [-0.05, 0) is 35.5 Å². The second-order valence-corrected chi connectivity index (χ2v) is 7.94. The standard InChI is InChI=1S/C16H21OSi/c1-16(2,3)14-10-6-9-13-12(14)8-7-11-15(13)17-18(4)5/h6-11H,1-5H3. The van der Waals surface area contributed by atoms with Crippen LogP contribution < -0.4 is 4.43 Å². The molecule has 2 heteroatoms. The van der Waals surface area contributed by atoms with Gasteiger partial charge in [0.25, 0.3) is 9.04 Å². The van der Waals surface area contributed by atoms with Crippen molar-refractivity contribution < 1.29 is 4.43 Å². The summed E-state index contributed by atoms with van der Waals surface area (Å²) in [6.07, 6.45) is 0. The van der Waals surface area contributed by atoms with Gasteiger partial charge in [-0.2, -0.15) is 0 Å². The van der Waals surface area contributed by atoms with Crippen LogP contribution in [0.1, 0.15) is 26.3 Å². The molecular formula is C16H21OSi. The largest absolute Gasteiger partial charge is 0.542 e. The fourth-order valence-electron chi connectivity index (χ4n) is 2.24. The fourth-order valence-corrected chi connectivity index (χ4v) is 2.86. The Morgan fingerprint density at radius 1 is 0.889 bits per heavy atom. The molecule has 0 bridgehead atoms. The summed E-state index contributed by atoms with van der Waals surface area (Å²) in [6, 6.07) is 12.9. The van der Waals surface area contributed by atoms with E-state index in [9.17, 15) is 0 Å². The zero-order chi connectivity index (χ0) is 13.3. The number of hydrogen-bond donors (Lipinski definition) is 0. The van der Waals surface area contributed by atoms with Crippen LogP contribution in [0, 0.1) is 0 Å². The van der Waals surface area contributed by atoms with E-state index in [1.165, 1.54) is 16.3 Å². The molecular weight excluding hydrogens is 236 g/mol. The third kappa shape index (κ3) is 2.59. The molecule has 0 aliphatic heterocycles. The molecule has 0 saturated carbocycles. The Morgan fingerprint density at radius 3 is 2.11 bits per heavy atom. The van der Waals surface area contributed by atoms with E-state index in [0.717, 1.165) is 5.75 Å². The van der Waals surface area contributed by atoms with Gasteiger partial charge in [-0.1, -0.05) is 51.1 Å². The normalized spacial score (nSPS) is 12.1. The van der Waals surface area contributed by atoms with E-state index in [4.69, 9.17) is 4.43 Å². The molecule has 18 heavy (non-hydrogen) atoms. The maximum Gasteiger partial charge on any atom is 0.274 e. The van der Waals surface area contributed by atoms with Gasteiger partial charge in [0.15, 0.2) is 0 Å². The van der Waals surface area contributed by atoms with Crippen molar-refractivity contribution in [1.29, 1.82) is 0 Å². The van der Waals surface area contributed by atoms with Crippen LogP contribution in [0.3, 0.4) is 0 Å². The van der Waals surface area contributed by atoms with E-state index in [0.29, 0.717) is 0 Å². The first-order valence-corrected chi connectivity index (χ1v) is 8.80. The lowest BCUT2D eigenvalue weighted by Crippen LogP contribution is -2.13. The van der Waals surface area contributed by atoms with Crippen molar-refractivity contribution in [2.75, 3.05) is 0 Å². The first-order valence-electron chi connectivity index (χ1n) is 6.40. The lowest BCUT2D eigenvalue weighted by atomic mass is 9.83. The molecule has 2 aromatic carbocycles. The van der Waals surface area contributed by atoms with E-state index in [1.54, 1.807) is 0 Å². The summed E-state index contributed by atoms with van der Waals surface area (Å²) >= 11 is 0. The molecule has 0 fully saturated rings. The van der Waals surface area contributed by atoms with Crippen molar-refractivity contribution in [2.24, 2.45) is 0 Å². The van der Waals surface area contributed by atoms with E-state index >= 15 is 0 Å². The second-order valence-electron chi connectivity index (χ2n) is 5.92. The van der Waals surface area contributed by atoms with Crippen LogP contribution in [0.4, 0.5) is 0 Å². The molecule has 0 spiro atoms. The quantitative estimate of drug-likeness (QED) is 0.704. The predicted molar refractivity (Wildman–Crippen MR) is 80.8 cm³/mol. The molecule has 0 amide bonds. The zero-order valence-electron chi connectivity index (χ0n) is 11.9. The van der Waals surface area contributed by atoms with Gasteiger partial charge in [-0.25, -0.2) is 0 Å². The highest BCUT2D eigenvalue weighted by atomic mass is 28.3. The van der Waals surface area contributed by atoms with Gasteiger partial charge in [-0.3, -0.25) is 0 Å². The molecule has 0 aliphatic rings. The van der Waals surface area contributed by atoms with E-state index < -0.39 is 9.04 Å². The average Bonchev–Trinajstić information content (AvgIpc) is 2.26. The number of fused-ring (bicyclic) bond motifs is 1. The topological polar surface area (TPSA) is 9.23 Å². The highest BCUT2D eigenvalue weighted by Gasteiger charge is 2.17. The Hall–Kier alpha value is -1.28. The fraction of sp³-hybridized carbons (Fsp3) is 0.375. The van der Waals surface area contributed by atoms with Crippen molar-refractivity contribution in [3.8, 4) is 5.75 Å². The van der Waals surface area contributed by atoms with Gasteiger partial charge in [-0.15, -0.1) is 0 Å². The second kappa shape index (κ2) is 4.77. The minimum Gasteiger partial charge on any atom is -0.542 e. The molecule has 0 atom stereocenters. The molecule has 95 valence electrons. The zero-order valence-corrected chi connectivity index (χ0v) is 12.9. The van der Waals surface area contributed by atoms with Gasteiger partial charge in [0.1, 0.15) is 5.75 Å². The smallest absolute Gasteiger partial charge is 0.274 e. The van der Waals surface area contributed by atoms with Crippen LogP contribution in [0.5, 0.6) is 5.75 Å². The van der Waals surface area contributed by atoms with Crippen molar-refractivity contribution in [3.05, 3.63) is 42.0 Å². The third-order valence-corrected chi connectivity index (χ3v) is 3.63. The summed E-state index contributed by atoms with van der Waals surface area (Å²) in [5.41, 5.74) is 1.54. The summed E-state index contributed by atoms with van der Waals surface area (Å²) in [5.74, 6) is 1.03. The maximum atomic E-state index is 6.00. The van der Waals surface area contributed by atoms with Gasteiger partial charge in [0.05, 0.1) is 0 Å². The molecule has 0 saturated heterocycles. The van der Waals surface area contributed by atoms with Crippen LogP contribution in [-0.4, -0.2) is 9.04 Å². The Morgan fingerprint density at radius 2 is 1.50 bits per heavy atom. The average molecular weight is 257 g/mol. The van der Waals surface area contributed by atoms with Crippen molar-refractivity contribution in [3.63, 3.8) is 0 Å². The molecule has 2 aromatic rings. The van der Waals surface area contributed by atoms with Gasteiger partial charge >= 0.3 is 0 Å². The van der Waals surface area contributed by atoms with Crippen LogP contribution >= 0.6 is 0 Å². The minimum absolute atomic E-state index is 0.157. The van der Waals surface area contributed by atoms with Gasteiger partial charge in [0.2, 0.25) is 0 Å². The summed E-state index contributed by atoms with van der Waals surface area (Å²) in [5, 5.41) is 2.54. The Bertz CT molecular complexity index is 553. The third-order valence-electron chi connectivity index (χ3n) is 3.00. The lowest BCUT2D eigenvalue weighted by molar-refractivity contribution is 0.585. The summed E-state index contributed by atoms with van der Waals surface area (Å²) in [7, 11) is -0.725. The maximum absolute atomic E-state index is 6.00. The molecule has 1 radical (unpaired) electrons. The predicted octanol–water partition coefficient (Wildman–Crippen LogP) is 4.77. The van der Waals surface area contributed by atoms with E-state index in [2.05, 4.69) is 70.3 Å². The van der Waals surface area contributed by atoms with E-state index in [-0.39, 0.29) is 5.41 Å². The highest BCUT2D eigenvalue weighted by molar-refractivity contribution is 6.49. The number of benzene rings is 2. The van der Waals surface area contributed by atoms with Crippen molar-refractivity contribution in [2.45, 2.75) is 39.3 Å². The van der Waals surface area contributed by atoms with Crippen LogP contribution in [0.2, 0.25) is 13.1 Å². The first kappa shape index (κ1) is 13.2. The number of hydrogen-bond acceptors (Lipinski definition) is 1. The van der Waals surface area contributed by atoms with Crippen molar-refractivity contribution in [1.82, 2.24) is 0 Å². The van der Waals surface area contributed by atoms with Gasteiger partial charge in [0, 0.05) is 5.39 Å². The molecule has 0 heterocycles. The Labute approximate surface area is 112 Å². The molecule has 0 aromatic heterocycles.